The van der Waals surface area contributed by atoms with Gasteiger partial charge in [-0.3, -0.25) is 4.90 Å². The molecule has 1 unspecified atom stereocenters. The van der Waals surface area contributed by atoms with Crippen LogP contribution in [0.2, 0.25) is 0 Å². The predicted octanol–water partition coefficient (Wildman–Crippen LogP) is 3.18. The van der Waals surface area contributed by atoms with Crippen LogP contribution in [0.25, 0.3) is 0 Å². The number of rotatable bonds is 7. The molecule has 2 N–H and O–H groups in total. The molecule has 1 aromatic heterocycles. The second-order valence-electron chi connectivity index (χ2n) is 4.52. The summed E-state index contributed by atoms with van der Waals surface area (Å²) in [6, 6.07) is 1.99. The average molecular weight is 238 g/mol. The van der Waals surface area contributed by atoms with Gasteiger partial charge in [-0.05, 0) is 32.0 Å². The summed E-state index contributed by atoms with van der Waals surface area (Å²) >= 11 is 0. The number of nitrogens with two attached hydrogens (primary N) is 1. The average Bonchev–Trinajstić information content (AvgIpc) is 2.89. The minimum atomic E-state index is 0.0103. The molecule has 0 spiro atoms. The smallest absolute Gasteiger partial charge is 0.0951 e. The Morgan fingerprint density at radius 2 is 1.82 bits per heavy atom. The molecular formula is C14H26N2O. The molecule has 0 fully saturated rings. The maximum absolute atomic E-state index is 6.49. The van der Waals surface area contributed by atoms with Crippen LogP contribution in [0.15, 0.2) is 23.0 Å². The molecule has 1 aromatic rings. The lowest BCUT2D eigenvalue weighted by Gasteiger charge is -2.46. The van der Waals surface area contributed by atoms with E-state index in [4.69, 9.17) is 10.2 Å². The molecule has 17 heavy (non-hydrogen) atoms. The highest BCUT2D eigenvalue weighted by atomic mass is 16.3. The van der Waals surface area contributed by atoms with Gasteiger partial charge in [-0.1, -0.05) is 27.7 Å². The van der Waals surface area contributed by atoms with Gasteiger partial charge in [0.1, 0.15) is 0 Å². The first kappa shape index (κ1) is 14.3. The van der Waals surface area contributed by atoms with Crippen LogP contribution < -0.4 is 5.73 Å². The molecule has 0 radical (unpaired) electrons. The summed E-state index contributed by atoms with van der Waals surface area (Å²) in [5.41, 5.74) is 7.62. The summed E-state index contributed by atoms with van der Waals surface area (Å²) in [4.78, 5) is 2.48. The van der Waals surface area contributed by atoms with Crippen molar-refractivity contribution >= 4 is 0 Å². The van der Waals surface area contributed by atoms with Crippen molar-refractivity contribution in [2.45, 2.75) is 52.1 Å². The molecule has 3 heteroatoms. The van der Waals surface area contributed by atoms with Gasteiger partial charge in [-0.2, -0.15) is 0 Å². The van der Waals surface area contributed by atoms with Gasteiger partial charge < -0.3 is 10.2 Å². The SMILES string of the molecule is CCN(CC)C(CC)(CC)C(N)c1ccoc1. The lowest BCUT2D eigenvalue weighted by molar-refractivity contribution is 0.0623. The normalized spacial score (nSPS) is 14.2. The standard InChI is InChI=1S/C14H26N2O/c1-5-14(6-2,16(7-3)8-4)13(15)12-9-10-17-11-12/h9-11,13H,5-8,15H2,1-4H3. The van der Waals surface area contributed by atoms with E-state index in [0.717, 1.165) is 31.5 Å². The van der Waals surface area contributed by atoms with Gasteiger partial charge in [-0.25, -0.2) is 0 Å². The van der Waals surface area contributed by atoms with Gasteiger partial charge in [0.05, 0.1) is 18.6 Å². The Morgan fingerprint density at radius 1 is 1.24 bits per heavy atom. The topological polar surface area (TPSA) is 42.4 Å². The molecule has 0 saturated carbocycles. The fraction of sp³-hybridized carbons (Fsp3) is 0.714. The molecule has 0 bridgehead atoms. The van der Waals surface area contributed by atoms with E-state index in [1.807, 2.05) is 6.07 Å². The van der Waals surface area contributed by atoms with Gasteiger partial charge in [0.25, 0.3) is 0 Å². The Morgan fingerprint density at radius 3 is 2.18 bits per heavy atom. The maximum Gasteiger partial charge on any atom is 0.0951 e. The van der Waals surface area contributed by atoms with E-state index in [1.165, 1.54) is 0 Å². The zero-order valence-electron chi connectivity index (χ0n) is 11.6. The van der Waals surface area contributed by atoms with E-state index >= 15 is 0 Å². The van der Waals surface area contributed by atoms with Crippen LogP contribution in [0, 0.1) is 0 Å². The minimum Gasteiger partial charge on any atom is -0.472 e. The van der Waals surface area contributed by atoms with Crippen molar-refractivity contribution in [2.75, 3.05) is 13.1 Å². The fourth-order valence-electron chi connectivity index (χ4n) is 2.95. The van der Waals surface area contributed by atoms with Crippen LogP contribution in [0.5, 0.6) is 0 Å². The first-order valence-corrected chi connectivity index (χ1v) is 6.68. The molecule has 0 saturated heterocycles. The molecule has 0 aliphatic carbocycles. The second kappa shape index (κ2) is 6.22. The Kier molecular flexibility index (Phi) is 5.22. The summed E-state index contributed by atoms with van der Waals surface area (Å²) < 4.78 is 5.17. The molecule has 1 rings (SSSR count). The van der Waals surface area contributed by atoms with E-state index < -0.39 is 0 Å². The largest absolute Gasteiger partial charge is 0.472 e. The first-order chi connectivity index (χ1) is 8.16. The predicted molar refractivity (Wildman–Crippen MR) is 71.9 cm³/mol. The maximum atomic E-state index is 6.49. The molecule has 0 aromatic carbocycles. The zero-order valence-corrected chi connectivity index (χ0v) is 11.6. The third-order valence-electron chi connectivity index (χ3n) is 4.10. The van der Waals surface area contributed by atoms with Crippen molar-refractivity contribution in [3.63, 3.8) is 0 Å². The number of likely N-dealkylation sites (N-methyl/N-ethyl adjacent to an activating group) is 1. The molecule has 98 valence electrons. The number of nitrogens with zero attached hydrogens (tertiary/aromatic N) is 1. The Bertz CT molecular complexity index is 300. The van der Waals surface area contributed by atoms with Crippen LogP contribution >= 0.6 is 0 Å². The lowest BCUT2D eigenvalue weighted by Crippen LogP contribution is -2.54. The van der Waals surface area contributed by atoms with E-state index in [9.17, 15) is 0 Å². The van der Waals surface area contributed by atoms with Gasteiger partial charge >= 0.3 is 0 Å². The van der Waals surface area contributed by atoms with Crippen molar-refractivity contribution in [3.05, 3.63) is 24.2 Å². The summed E-state index contributed by atoms with van der Waals surface area (Å²) in [7, 11) is 0. The Labute approximate surface area is 105 Å². The third kappa shape index (κ3) is 2.55. The van der Waals surface area contributed by atoms with Crippen LogP contribution in [-0.4, -0.2) is 23.5 Å². The summed E-state index contributed by atoms with van der Waals surface area (Å²) in [6.07, 6.45) is 5.58. The molecule has 1 atom stereocenters. The van der Waals surface area contributed by atoms with Crippen molar-refractivity contribution in [1.82, 2.24) is 4.90 Å². The molecule has 0 amide bonds. The van der Waals surface area contributed by atoms with Crippen molar-refractivity contribution in [2.24, 2.45) is 5.73 Å². The highest BCUT2D eigenvalue weighted by Crippen LogP contribution is 2.35. The van der Waals surface area contributed by atoms with E-state index in [-0.39, 0.29) is 11.6 Å². The number of hydrogen-bond donors (Lipinski definition) is 1. The van der Waals surface area contributed by atoms with Crippen LogP contribution in [0.1, 0.15) is 52.1 Å². The molecule has 0 aliphatic rings. The summed E-state index contributed by atoms with van der Waals surface area (Å²) in [5.74, 6) is 0. The molecule has 1 heterocycles. The first-order valence-electron chi connectivity index (χ1n) is 6.68. The van der Waals surface area contributed by atoms with Gasteiger partial charge in [0, 0.05) is 11.1 Å². The monoisotopic (exact) mass is 238 g/mol. The zero-order chi connectivity index (χ0) is 12.9. The van der Waals surface area contributed by atoms with Gasteiger partial charge in [-0.15, -0.1) is 0 Å². The van der Waals surface area contributed by atoms with E-state index in [1.54, 1.807) is 12.5 Å². The van der Waals surface area contributed by atoms with Crippen molar-refractivity contribution in [3.8, 4) is 0 Å². The van der Waals surface area contributed by atoms with Crippen LogP contribution in [-0.2, 0) is 0 Å². The second-order valence-corrected chi connectivity index (χ2v) is 4.52. The highest BCUT2D eigenvalue weighted by Gasteiger charge is 2.38. The Balaban J connectivity index is 3.05. The lowest BCUT2D eigenvalue weighted by atomic mass is 9.80. The summed E-state index contributed by atoms with van der Waals surface area (Å²) in [6.45, 7) is 10.9. The van der Waals surface area contributed by atoms with Gasteiger partial charge in [0.2, 0.25) is 0 Å². The van der Waals surface area contributed by atoms with Crippen molar-refractivity contribution in [1.29, 1.82) is 0 Å². The Hall–Kier alpha value is -0.800. The fourth-order valence-corrected chi connectivity index (χ4v) is 2.95. The summed E-state index contributed by atoms with van der Waals surface area (Å²) in [5, 5.41) is 0. The van der Waals surface area contributed by atoms with E-state index in [0.29, 0.717) is 0 Å². The van der Waals surface area contributed by atoms with E-state index in [2.05, 4.69) is 32.6 Å². The molecule has 0 aliphatic heterocycles. The minimum absolute atomic E-state index is 0.0103. The van der Waals surface area contributed by atoms with Crippen LogP contribution in [0.3, 0.4) is 0 Å². The molecule has 3 nitrogen and oxygen atoms in total. The van der Waals surface area contributed by atoms with Gasteiger partial charge in [0.15, 0.2) is 0 Å². The quantitative estimate of drug-likeness (QED) is 0.793. The highest BCUT2D eigenvalue weighted by molar-refractivity contribution is 5.18. The van der Waals surface area contributed by atoms with Crippen LogP contribution in [0.4, 0.5) is 0 Å². The third-order valence-corrected chi connectivity index (χ3v) is 4.10. The molecular weight excluding hydrogens is 212 g/mol. The number of furan rings is 1. The van der Waals surface area contributed by atoms with Crippen molar-refractivity contribution < 1.29 is 4.42 Å². The number of hydrogen-bond acceptors (Lipinski definition) is 3.